The van der Waals surface area contributed by atoms with Gasteiger partial charge in [-0.25, -0.2) is 9.59 Å². The lowest BCUT2D eigenvalue weighted by molar-refractivity contribution is -0.168. The van der Waals surface area contributed by atoms with Gasteiger partial charge in [0.15, 0.2) is 12.1 Å². The van der Waals surface area contributed by atoms with Crippen LogP contribution in [-0.2, 0) is 43.9 Å². The number of aromatic nitrogens is 1. The maximum atomic E-state index is 13.2. The molecule has 0 saturated heterocycles. The molecule has 0 aliphatic carbocycles. The van der Waals surface area contributed by atoms with Crippen molar-refractivity contribution in [1.82, 2.24) is 10.5 Å². The molecule has 0 fully saturated rings. The number of rotatable bonds is 15. The third-order valence-corrected chi connectivity index (χ3v) is 6.63. The predicted molar refractivity (Wildman–Crippen MR) is 132 cm³/mol. The monoisotopic (exact) mass is 540 g/mol. The zero-order valence-corrected chi connectivity index (χ0v) is 22.5. The van der Waals surface area contributed by atoms with Crippen LogP contribution in [0.4, 0.5) is 0 Å². The standard InChI is InChI=1S/C24H33N2O10P/c1-6-31-22(28)24(25-17(5)27,23(29)32-7-2)15-19-20(18-13-11-10-12-14-18)36-26-21(19)33-16-37(30,34-8-3)35-9-4/h10-14H,6-9,15-16H2,1-5H3,(H,25,27). The second kappa shape index (κ2) is 13.9. The molecule has 1 N–H and O–H groups in total. The smallest absolute Gasteiger partial charge is 0.367 e. The molecule has 1 heterocycles. The molecule has 0 spiro atoms. The quantitative estimate of drug-likeness (QED) is 0.201. The third kappa shape index (κ3) is 7.64. The Balaban J connectivity index is 2.65. The first-order chi connectivity index (χ1) is 17.7. The highest BCUT2D eigenvalue weighted by Gasteiger charge is 2.52. The maximum Gasteiger partial charge on any atom is 0.367 e. The fourth-order valence-electron chi connectivity index (χ4n) is 3.47. The zero-order chi connectivity index (χ0) is 27.5. The molecule has 0 atom stereocenters. The van der Waals surface area contributed by atoms with Gasteiger partial charge in [0.25, 0.3) is 5.88 Å². The van der Waals surface area contributed by atoms with E-state index in [-0.39, 0.29) is 43.6 Å². The van der Waals surface area contributed by atoms with Crippen molar-refractivity contribution in [3.63, 3.8) is 0 Å². The van der Waals surface area contributed by atoms with Crippen LogP contribution in [0.1, 0.15) is 40.2 Å². The van der Waals surface area contributed by atoms with Gasteiger partial charge >= 0.3 is 19.5 Å². The minimum atomic E-state index is -3.66. The van der Waals surface area contributed by atoms with Crippen molar-refractivity contribution >= 4 is 25.4 Å². The number of carbonyl (C=O) groups excluding carboxylic acids is 3. The van der Waals surface area contributed by atoms with E-state index in [1.807, 2.05) is 0 Å². The van der Waals surface area contributed by atoms with Gasteiger partial charge in [0.1, 0.15) is 0 Å². The van der Waals surface area contributed by atoms with Crippen LogP contribution in [-0.4, -0.2) is 61.3 Å². The van der Waals surface area contributed by atoms with E-state index in [1.165, 1.54) is 0 Å². The van der Waals surface area contributed by atoms with Crippen LogP contribution in [0, 0.1) is 0 Å². The van der Waals surface area contributed by atoms with Crippen molar-refractivity contribution in [2.24, 2.45) is 0 Å². The molecule has 13 heteroatoms. The number of hydrogen-bond acceptors (Lipinski definition) is 11. The highest BCUT2D eigenvalue weighted by Crippen LogP contribution is 2.48. The Kier molecular flexibility index (Phi) is 11.3. The second-order valence-corrected chi connectivity index (χ2v) is 9.58. The van der Waals surface area contributed by atoms with Gasteiger partial charge in [-0.3, -0.25) is 9.36 Å². The van der Waals surface area contributed by atoms with E-state index >= 15 is 0 Å². The fourth-order valence-corrected chi connectivity index (χ4v) is 4.76. The van der Waals surface area contributed by atoms with E-state index in [9.17, 15) is 18.9 Å². The van der Waals surface area contributed by atoms with Crippen molar-refractivity contribution in [3.8, 4) is 17.2 Å². The number of esters is 2. The molecule has 1 aromatic carbocycles. The van der Waals surface area contributed by atoms with Gasteiger partial charge in [0.2, 0.25) is 11.4 Å². The molecular formula is C24H33N2O10P. The lowest BCUT2D eigenvalue weighted by Crippen LogP contribution is -2.62. The minimum Gasteiger partial charge on any atom is -0.464 e. The number of hydrogen-bond donors (Lipinski definition) is 1. The van der Waals surface area contributed by atoms with E-state index in [2.05, 4.69) is 10.5 Å². The van der Waals surface area contributed by atoms with Crippen molar-refractivity contribution in [2.75, 3.05) is 32.8 Å². The van der Waals surface area contributed by atoms with Crippen LogP contribution in [0.15, 0.2) is 34.9 Å². The Morgan fingerprint density at radius 1 is 0.946 bits per heavy atom. The molecule has 12 nitrogen and oxygen atoms in total. The summed E-state index contributed by atoms with van der Waals surface area (Å²) in [5, 5.41) is 6.35. The molecule has 2 aromatic rings. The van der Waals surface area contributed by atoms with Crippen molar-refractivity contribution in [2.45, 2.75) is 46.6 Å². The minimum absolute atomic E-state index is 0.0655. The van der Waals surface area contributed by atoms with Crippen LogP contribution in [0.25, 0.3) is 11.3 Å². The number of ether oxygens (including phenoxy) is 3. The van der Waals surface area contributed by atoms with E-state index in [0.29, 0.717) is 5.56 Å². The van der Waals surface area contributed by atoms with E-state index in [0.717, 1.165) is 6.92 Å². The summed E-state index contributed by atoms with van der Waals surface area (Å²) in [5.74, 6) is -2.78. The zero-order valence-electron chi connectivity index (χ0n) is 21.6. The van der Waals surface area contributed by atoms with Gasteiger partial charge in [-0.15, -0.1) is 0 Å². The van der Waals surface area contributed by atoms with Crippen LogP contribution in [0.5, 0.6) is 5.88 Å². The number of benzene rings is 1. The van der Waals surface area contributed by atoms with Crippen LogP contribution >= 0.6 is 7.60 Å². The molecule has 37 heavy (non-hydrogen) atoms. The number of nitrogens with one attached hydrogen (secondary N) is 1. The molecular weight excluding hydrogens is 507 g/mol. The molecule has 2 rings (SSSR count). The SMILES string of the molecule is CCOC(=O)C(Cc1c(OCP(=O)(OCC)OCC)noc1-c1ccccc1)(NC(C)=O)C(=O)OCC. The predicted octanol–water partition coefficient (Wildman–Crippen LogP) is 3.49. The summed E-state index contributed by atoms with van der Waals surface area (Å²) in [6, 6.07) is 8.72. The van der Waals surface area contributed by atoms with Crippen molar-refractivity contribution in [1.29, 1.82) is 0 Å². The normalized spacial score (nSPS) is 11.6. The van der Waals surface area contributed by atoms with Gasteiger partial charge in [0.05, 0.1) is 32.0 Å². The fraction of sp³-hybridized carbons (Fsp3) is 0.500. The van der Waals surface area contributed by atoms with Crippen LogP contribution in [0.3, 0.4) is 0 Å². The molecule has 0 aliphatic heterocycles. The van der Waals surface area contributed by atoms with Crippen molar-refractivity contribution in [3.05, 3.63) is 35.9 Å². The largest absolute Gasteiger partial charge is 0.464 e. The summed E-state index contributed by atoms with van der Waals surface area (Å²) in [7, 11) is -3.66. The molecule has 1 aromatic heterocycles. The second-order valence-electron chi connectivity index (χ2n) is 7.59. The summed E-state index contributed by atoms with van der Waals surface area (Å²) >= 11 is 0. The summed E-state index contributed by atoms with van der Waals surface area (Å²) in [4.78, 5) is 38.5. The number of carbonyl (C=O) groups is 3. The molecule has 204 valence electrons. The van der Waals surface area contributed by atoms with Gasteiger partial charge in [-0.2, -0.15) is 0 Å². The topological polar surface area (TPSA) is 152 Å². The Morgan fingerprint density at radius 3 is 2.00 bits per heavy atom. The summed E-state index contributed by atoms with van der Waals surface area (Å²) < 4.78 is 45.0. The summed E-state index contributed by atoms with van der Waals surface area (Å²) in [6.45, 7) is 7.67. The van der Waals surface area contributed by atoms with Gasteiger partial charge in [0, 0.05) is 18.9 Å². The summed E-state index contributed by atoms with van der Waals surface area (Å²) in [6.07, 6.45) is -1.02. The van der Waals surface area contributed by atoms with E-state index < -0.39 is 43.7 Å². The molecule has 1 amide bonds. The van der Waals surface area contributed by atoms with E-state index in [1.54, 1.807) is 58.0 Å². The van der Waals surface area contributed by atoms with Crippen molar-refractivity contribution < 1.29 is 46.7 Å². The maximum absolute atomic E-state index is 13.2. The Labute approximate surface area is 215 Å². The third-order valence-electron chi connectivity index (χ3n) is 4.88. The highest BCUT2D eigenvalue weighted by molar-refractivity contribution is 7.53. The highest BCUT2D eigenvalue weighted by atomic mass is 31.2. The van der Waals surface area contributed by atoms with E-state index in [4.69, 9.17) is 27.8 Å². The first-order valence-electron chi connectivity index (χ1n) is 11.8. The molecule has 0 unspecified atom stereocenters. The molecule has 0 radical (unpaired) electrons. The van der Waals surface area contributed by atoms with Gasteiger partial charge in [-0.1, -0.05) is 30.3 Å². The first kappa shape index (κ1) is 30.0. The average molecular weight is 541 g/mol. The van der Waals surface area contributed by atoms with Crippen LogP contribution in [0.2, 0.25) is 0 Å². The summed E-state index contributed by atoms with van der Waals surface area (Å²) in [5.41, 5.74) is -1.61. The van der Waals surface area contributed by atoms with Crippen LogP contribution < -0.4 is 10.1 Å². The molecule has 0 bridgehead atoms. The average Bonchev–Trinajstić information content (AvgIpc) is 3.25. The lowest BCUT2D eigenvalue weighted by atomic mass is 9.89. The Hall–Kier alpha value is -3.21. The number of amides is 1. The number of nitrogens with zero attached hydrogens (tertiary/aromatic N) is 1. The molecule has 0 saturated carbocycles. The van der Waals surface area contributed by atoms with Gasteiger partial charge < -0.3 is 33.1 Å². The molecule has 0 aliphatic rings. The lowest BCUT2D eigenvalue weighted by Gasteiger charge is -2.29. The van der Waals surface area contributed by atoms with Gasteiger partial charge in [-0.05, 0) is 32.9 Å². The Morgan fingerprint density at radius 2 is 1.51 bits per heavy atom. The first-order valence-corrected chi connectivity index (χ1v) is 13.6. The Bertz CT molecular complexity index is 1070.